The van der Waals surface area contributed by atoms with Gasteiger partial charge < -0.3 is 19.4 Å². The standard InChI is InChI=1S/C28H28N2O3/c1-19(21-11-7-5-8-12-21)29-28(31)26-18-27(22-13-9-6-10-14-22)30(20(26)2)23-15-24(32-3)17-25(16-23)33-4/h5-19H,1-4H3,(H,29,31). The fourth-order valence-corrected chi connectivity index (χ4v) is 4.01. The van der Waals surface area contributed by atoms with Crippen molar-refractivity contribution in [3.05, 3.63) is 102 Å². The van der Waals surface area contributed by atoms with Crippen LogP contribution in [0.2, 0.25) is 0 Å². The van der Waals surface area contributed by atoms with Crippen LogP contribution in [0.1, 0.15) is 34.6 Å². The van der Waals surface area contributed by atoms with Crippen molar-refractivity contribution >= 4 is 5.91 Å². The zero-order valence-electron chi connectivity index (χ0n) is 19.3. The van der Waals surface area contributed by atoms with E-state index in [2.05, 4.69) is 9.88 Å². The van der Waals surface area contributed by atoms with Crippen LogP contribution >= 0.6 is 0 Å². The molecule has 4 aromatic rings. The van der Waals surface area contributed by atoms with E-state index < -0.39 is 0 Å². The van der Waals surface area contributed by atoms with Crippen LogP contribution in [-0.4, -0.2) is 24.7 Å². The highest BCUT2D eigenvalue weighted by atomic mass is 16.5. The van der Waals surface area contributed by atoms with E-state index in [0.29, 0.717) is 17.1 Å². The van der Waals surface area contributed by atoms with Gasteiger partial charge in [-0.1, -0.05) is 60.7 Å². The molecule has 1 aromatic heterocycles. The Labute approximate surface area is 194 Å². The first-order valence-electron chi connectivity index (χ1n) is 10.9. The molecule has 0 saturated carbocycles. The lowest BCUT2D eigenvalue weighted by Gasteiger charge is -2.16. The number of nitrogens with zero attached hydrogens (tertiary/aromatic N) is 1. The number of rotatable bonds is 7. The molecule has 1 amide bonds. The minimum absolute atomic E-state index is 0.112. The Kier molecular flexibility index (Phi) is 6.50. The molecular formula is C28H28N2O3. The van der Waals surface area contributed by atoms with Gasteiger partial charge in [-0.2, -0.15) is 0 Å². The number of ether oxygens (including phenoxy) is 2. The van der Waals surface area contributed by atoms with Gasteiger partial charge in [0, 0.05) is 23.9 Å². The molecule has 1 heterocycles. The van der Waals surface area contributed by atoms with Gasteiger partial charge in [-0.15, -0.1) is 0 Å². The number of methoxy groups -OCH3 is 2. The van der Waals surface area contributed by atoms with E-state index in [-0.39, 0.29) is 11.9 Å². The SMILES string of the molecule is COc1cc(OC)cc(-n2c(-c3ccccc3)cc(C(=O)NC(C)c3ccccc3)c2C)c1. The van der Waals surface area contributed by atoms with Crippen molar-refractivity contribution in [2.75, 3.05) is 14.2 Å². The number of carbonyl (C=O) groups is 1. The molecule has 5 nitrogen and oxygen atoms in total. The van der Waals surface area contributed by atoms with E-state index in [1.165, 1.54) is 0 Å². The van der Waals surface area contributed by atoms with Gasteiger partial charge >= 0.3 is 0 Å². The molecule has 0 bridgehead atoms. The Bertz CT molecular complexity index is 1220. The summed E-state index contributed by atoms with van der Waals surface area (Å²) in [7, 11) is 3.26. The fraction of sp³-hybridized carbons (Fsp3) is 0.179. The number of hydrogen-bond acceptors (Lipinski definition) is 3. The number of hydrogen-bond donors (Lipinski definition) is 1. The Morgan fingerprint density at radius 1 is 0.848 bits per heavy atom. The zero-order chi connectivity index (χ0) is 23.4. The summed E-state index contributed by atoms with van der Waals surface area (Å²) < 4.78 is 13.0. The summed E-state index contributed by atoms with van der Waals surface area (Å²) in [4.78, 5) is 13.3. The van der Waals surface area contributed by atoms with Gasteiger partial charge in [0.25, 0.3) is 5.91 Å². The van der Waals surface area contributed by atoms with Crippen molar-refractivity contribution in [2.24, 2.45) is 0 Å². The quantitative estimate of drug-likeness (QED) is 0.386. The molecule has 0 fully saturated rings. The number of benzene rings is 3. The molecule has 1 unspecified atom stereocenters. The average molecular weight is 441 g/mol. The largest absolute Gasteiger partial charge is 0.497 e. The van der Waals surface area contributed by atoms with Crippen LogP contribution in [-0.2, 0) is 0 Å². The topological polar surface area (TPSA) is 52.5 Å². The monoisotopic (exact) mass is 440 g/mol. The maximum atomic E-state index is 13.3. The van der Waals surface area contributed by atoms with Crippen molar-refractivity contribution in [1.29, 1.82) is 0 Å². The second kappa shape index (κ2) is 9.65. The number of nitrogens with one attached hydrogen (secondary N) is 1. The molecule has 5 heteroatoms. The second-order valence-corrected chi connectivity index (χ2v) is 7.91. The lowest BCUT2D eigenvalue weighted by molar-refractivity contribution is 0.0939. The Hall–Kier alpha value is -3.99. The van der Waals surface area contributed by atoms with Gasteiger partial charge in [0.05, 0.1) is 37.2 Å². The molecule has 0 saturated heterocycles. The van der Waals surface area contributed by atoms with Gasteiger partial charge in [-0.3, -0.25) is 4.79 Å². The van der Waals surface area contributed by atoms with Crippen LogP contribution in [0, 0.1) is 6.92 Å². The van der Waals surface area contributed by atoms with E-state index in [1.54, 1.807) is 14.2 Å². The molecule has 0 aliphatic rings. The van der Waals surface area contributed by atoms with Crippen molar-refractivity contribution in [2.45, 2.75) is 19.9 Å². The lowest BCUT2D eigenvalue weighted by atomic mass is 10.1. The molecule has 0 radical (unpaired) electrons. The minimum Gasteiger partial charge on any atom is -0.497 e. The Morgan fingerprint density at radius 3 is 2.00 bits per heavy atom. The summed E-state index contributed by atoms with van der Waals surface area (Å²) in [5.41, 5.74) is 5.31. The first kappa shape index (κ1) is 22.2. The highest BCUT2D eigenvalue weighted by Crippen LogP contribution is 2.33. The predicted molar refractivity (Wildman–Crippen MR) is 131 cm³/mol. The van der Waals surface area contributed by atoms with Crippen molar-refractivity contribution < 1.29 is 14.3 Å². The highest BCUT2D eigenvalue weighted by molar-refractivity contribution is 5.97. The summed E-state index contributed by atoms with van der Waals surface area (Å²) in [6.07, 6.45) is 0. The van der Waals surface area contributed by atoms with Crippen LogP contribution in [0.3, 0.4) is 0 Å². The van der Waals surface area contributed by atoms with Gasteiger partial charge in [-0.25, -0.2) is 0 Å². The molecule has 0 aliphatic carbocycles. The van der Waals surface area contributed by atoms with E-state index in [1.807, 2.05) is 98.8 Å². The second-order valence-electron chi connectivity index (χ2n) is 7.91. The number of carbonyl (C=O) groups excluding carboxylic acids is 1. The van der Waals surface area contributed by atoms with Gasteiger partial charge in [-0.05, 0) is 31.0 Å². The number of aromatic nitrogens is 1. The first-order valence-corrected chi connectivity index (χ1v) is 10.9. The van der Waals surface area contributed by atoms with Crippen LogP contribution in [0.15, 0.2) is 84.9 Å². The molecule has 1 N–H and O–H groups in total. The van der Waals surface area contributed by atoms with Crippen molar-refractivity contribution in [3.8, 4) is 28.4 Å². The van der Waals surface area contributed by atoms with E-state index >= 15 is 0 Å². The first-order chi connectivity index (χ1) is 16.0. The molecule has 0 aliphatic heterocycles. The Morgan fingerprint density at radius 2 is 1.42 bits per heavy atom. The van der Waals surface area contributed by atoms with Gasteiger partial charge in [0.1, 0.15) is 11.5 Å². The third-order valence-corrected chi connectivity index (χ3v) is 5.80. The number of amides is 1. The lowest BCUT2D eigenvalue weighted by Crippen LogP contribution is -2.27. The maximum absolute atomic E-state index is 13.3. The van der Waals surface area contributed by atoms with E-state index in [9.17, 15) is 4.79 Å². The zero-order valence-corrected chi connectivity index (χ0v) is 19.3. The highest BCUT2D eigenvalue weighted by Gasteiger charge is 2.22. The summed E-state index contributed by atoms with van der Waals surface area (Å²) in [6, 6.07) is 27.5. The molecule has 168 valence electrons. The molecule has 4 rings (SSSR count). The van der Waals surface area contributed by atoms with E-state index in [4.69, 9.17) is 9.47 Å². The third kappa shape index (κ3) is 4.62. The summed E-state index contributed by atoms with van der Waals surface area (Å²) >= 11 is 0. The third-order valence-electron chi connectivity index (χ3n) is 5.80. The summed E-state index contributed by atoms with van der Waals surface area (Å²) in [5, 5.41) is 3.14. The van der Waals surface area contributed by atoms with Gasteiger partial charge in [0.2, 0.25) is 0 Å². The van der Waals surface area contributed by atoms with Gasteiger partial charge in [0.15, 0.2) is 0 Å². The molecule has 33 heavy (non-hydrogen) atoms. The van der Waals surface area contributed by atoms with Crippen LogP contribution in [0.5, 0.6) is 11.5 Å². The Balaban J connectivity index is 1.81. The maximum Gasteiger partial charge on any atom is 0.253 e. The normalized spacial score (nSPS) is 11.6. The smallest absolute Gasteiger partial charge is 0.253 e. The summed E-state index contributed by atoms with van der Waals surface area (Å²) in [5.74, 6) is 1.25. The summed E-state index contributed by atoms with van der Waals surface area (Å²) in [6.45, 7) is 3.95. The van der Waals surface area contributed by atoms with E-state index in [0.717, 1.165) is 28.2 Å². The van der Waals surface area contributed by atoms with Crippen molar-refractivity contribution in [1.82, 2.24) is 9.88 Å². The van der Waals surface area contributed by atoms with Crippen LogP contribution in [0.4, 0.5) is 0 Å². The van der Waals surface area contributed by atoms with Crippen LogP contribution in [0.25, 0.3) is 16.9 Å². The van der Waals surface area contributed by atoms with Crippen LogP contribution < -0.4 is 14.8 Å². The fourth-order valence-electron chi connectivity index (χ4n) is 4.01. The molecule has 0 spiro atoms. The minimum atomic E-state index is -0.116. The molecule has 1 atom stereocenters. The molecular weight excluding hydrogens is 412 g/mol. The van der Waals surface area contributed by atoms with Crippen molar-refractivity contribution in [3.63, 3.8) is 0 Å². The average Bonchev–Trinajstić information content (AvgIpc) is 3.21. The predicted octanol–water partition coefficient (Wildman–Crippen LogP) is 5.96. The molecule has 3 aromatic carbocycles.